The van der Waals surface area contributed by atoms with Crippen LogP contribution in [0.1, 0.15) is 38.4 Å². The van der Waals surface area contributed by atoms with Crippen LogP contribution in [0.2, 0.25) is 0 Å². The molecule has 0 radical (unpaired) electrons. The summed E-state index contributed by atoms with van der Waals surface area (Å²) in [5.41, 5.74) is 8.75. The molecule has 1 fully saturated rings. The van der Waals surface area contributed by atoms with E-state index < -0.39 is 12.7 Å². The number of rotatable bonds is 7. The van der Waals surface area contributed by atoms with Crippen molar-refractivity contribution in [3.63, 3.8) is 0 Å². The van der Waals surface area contributed by atoms with Gasteiger partial charge in [-0.3, -0.25) is 9.58 Å². The Hall–Kier alpha value is -3.87. The molecular formula is C27H34F3N9O. The predicted octanol–water partition coefficient (Wildman–Crippen LogP) is 5.17. The van der Waals surface area contributed by atoms with Crippen molar-refractivity contribution in [1.29, 1.82) is 0 Å². The summed E-state index contributed by atoms with van der Waals surface area (Å²) in [5.74, 6) is 2.74. The minimum absolute atomic E-state index is 0.0907. The Morgan fingerprint density at radius 1 is 1.18 bits per heavy atom. The normalized spacial score (nSPS) is 16.6. The van der Waals surface area contributed by atoms with Crippen LogP contribution >= 0.6 is 0 Å². The zero-order valence-corrected chi connectivity index (χ0v) is 23.2. The summed E-state index contributed by atoms with van der Waals surface area (Å²) in [7, 11) is 1.88. The number of anilines is 3. The van der Waals surface area contributed by atoms with Gasteiger partial charge in [-0.1, -0.05) is 20.8 Å². The van der Waals surface area contributed by atoms with E-state index in [1.807, 2.05) is 29.3 Å². The fourth-order valence-electron chi connectivity index (χ4n) is 5.20. The van der Waals surface area contributed by atoms with Crippen LogP contribution in [0, 0.1) is 12.8 Å². The quantitative estimate of drug-likeness (QED) is 0.320. The molecule has 13 heteroatoms. The Bertz CT molecular complexity index is 1520. The second kappa shape index (κ2) is 10.3. The highest BCUT2D eigenvalue weighted by Gasteiger charge is 2.35. The van der Waals surface area contributed by atoms with Gasteiger partial charge in [0.2, 0.25) is 5.95 Å². The summed E-state index contributed by atoms with van der Waals surface area (Å²) in [6, 6.07) is 5.34. The number of nitrogens with two attached hydrogens (primary N) is 1. The number of nitrogen functional groups attached to an aromatic ring is 1. The third-order valence-corrected chi connectivity index (χ3v) is 7.08. The largest absolute Gasteiger partial charge is 0.455 e. The van der Waals surface area contributed by atoms with Crippen molar-refractivity contribution in [2.24, 2.45) is 13.0 Å². The van der Waals surface area contributed by atoms with E-state index in [-0.39, 0.29) is 11.3 Å². The number of alkyl halides is 3. The number of likely N-dealkylation sites (tertiary alicyclic amines) is 1. The van der Waals surface area contributed by atoms with Crippen LogP contribution in [0.4, 0.5) is 30.8 Å². The van der Waals surface area contributed by atoms with E-state index in [1.165, 1.54) is 4.90 Å². The molecule has 1 unspecified atom stereocenters. The Morgan fingerprint density at radius 2 is 1.95 bits per heavy atom. The van der Waals surface area contributed by atoms with Crippen molar-refractivity contribution < 1.29 is 17.9 Å². The smallest absolute Gasteiger partial charge is 0.401 e. The second-order valence-electron chi connectivity index (χ2n) is 11.4. The van der Waals surface area contributed by atoms with Crippen molar-refractivity contribution in [3.05, 3.63) is 41.9 Å². The van der Waals surface area contributed by atoms with Crippen molar-refractivity contribution in [2.45, 2.75) is 52.3 Å². The highest BCUT2D eigenvalue weighted by Crippen LogP contribution is 2.33. The first kappa shape index (κ1) is 27.7. The van der Waals surface area contributed by atoms with Crippen LogP contribution in [0.15, 0.2) is 30.6 Å². The molecule has 214 valence electrons. The van der Waals surface area contributed by atoms with Gasteiger partial charge in [0.15, 0.2) is 17.2 Å². The number of aromatic nitrogens is 6. The first-order valence-corrected chi connectivity index (χ1v) is 13.1. The average Bonchev–Trinajstić information content (AvgIpc) is 3.53. The predicted molar refractivity (Wildman–Crippen MR) is 147 cm³/mol. The minimum atomic E-state index is -4.19. The van der Waals surface area contributed by atoms with Crippen LogP contribution in [0.5, 0.6) is 11.5 Å². The van der Waals surface area contributed by atoms with Gasteiger partial charge in [-0.15, -0.1) is 0 Å². The number of ether oxygens (including phenoxy) is 1. The van der Waals surface area contributed by atoms with Gasteiger partial charge in [-0.2, -0.15) is 23.3 Å². The van der Waals surface area contributed by atoms with Crippen LogP contribution < -0.4 is 15.8 Å². The number of aryl methyl sites for hydroxylation is 2. The number of pyridine rings is 2. The lowest BCUT2D eigenvalue weighted by molar-refractivity contribution is -0.143. The molecule has 0 aliphatic carbocycles. The molecule has 0 saturated carbocycles. The molecule has 0 aromatic carbocycles. The highest BCUT2D eigenvalue weighted by atomic mass is 19.4. The van der Waals surface area contributed by atoms with E-state index in [0.717, 1.165) is 16.8 Å². The second-order valence-corrected chi connectivity index (χ2v) is 11.4. The standard InChI is InChI=1S/C27H34F3N9O/c1-16-19(40-18-6-8-32-21(31)10-18)12-33-24-23(16)37(5)25(35-24)34-22-11-20(26(2,3)4)39(36-22)14-17-7-9-38(13-17)15-27(28,29)30/h6,8,10-12,17H,7,9,13-15H2,1-5H3,(H2,31,32)(H,33,34,35,36). The molecule has 0 amide bonds. The third kappa shape index (κ3) is 5.98. The number of nitrogens with one attached hydrogen (secondary N) is 1. The van der Waals surface area contributed by atoms with Crippen molar-refractivity contribution in [2.75, 3.05) is 30.7 Å². The molecule has 10 nitrogen and oxygen atoms in total. The van der Waals surface area contributed by atoms with E-state index in [9.17, 15) is 13.2 Å². The number of imidazole rings is 1. The van der Waals surface area contributed by atoms with E-state index in [1.54, 1.807) is 24.5 Å². The molecule has 3 N–H and O–H groups in total. The first-order chi connectivity index (χ1) is 18.8. The minimum Gasteiger partial charge on any atom is -0.455 e. The van der Waals surface area contributed by atoms with Gasteiger partial charge in [0.1, 0.15) is 11.6 Å². The molecule has 1 aliphatic rings. The van der Waals surface area contributed by atoms with E-state index in [4.69, 9.17) is 15.6 Å². The lowest BCUT2D eigenvalue weighted by atomic mass is 9.92. The number of halogens is 3. The molecule has 0 spiro atoms. The molecule has 1 aliphatic heterocycles. The van der Waals surface area contributed by atoms with Crippen LogP contribution in [-0.4, -0.2) is 60.0 Å². The van der Waals surface area contributed by atoms with Gasteiger partial charge < -0.3 is 20.4 Å². The molecule has 40 heavy (non-hydrogen) atoms. The zero-order chi connectivity index (χ0) is 28.8. The van der Waals surface area contributed by atoms with Crippen LogP contribution in [-0.2, 0) is 19.0 Å². The molecule has 0 bridgehead atoms. The topological polar surface area (TPSA) is 112 Å². The molecule has 1 atom stereocenters. The summed E-state index contributed by atoms with van der Waals surface area (Å²) < 4.78 is 48.4. The van der Waals surface area contributed by atoms with Crippen molar-refractivity contribution >= 4 is 28.7 Å². The summed E-state index contributed by atoms with van der Waals surface area (Å²) >= 11 is 0. The number of nitrogens with zero attached hydrogens (tertiary/aromatic N) is 7. The Morgan fingerprint density at radius 3 is 2.65 bits per heavy atom. The highest BCUT2D eigenvalue weighted by molar-refractivity contribution is 5.81. The van der Waals surface area contributed by atoms with Crippen molar-refractivity contribution in [1.82, 2.24) is 34.2 Å². The number of hydrogen-bond acceptors (Lipinski definition) is 8. The molecule has 1 saturated heterocycles. The van der Waals surface area contributed by atoms with Gasteiger partial charge in [0, 0.05) is 55.1 Å². The summed E-state index contributed by atoms with van der Waals surface area (Å²) in [4.78, 5) is 14.6. The van der Waals surface area contributed by atoms with Gasteiger partial charge >= 0.3 is 6.18 Å². The fourth-order valence-corrected chi connectivity index (χ4v) is 5.20. The third-order valence-electron chi connectivity index (χ3n) is 7.08. The van der Waals surface area contributed by atoms with Gasteiger partial charge in [-0.25, -0.2) is 9.97 Å². The summed E-state index contributed by atoms with van der Waals surface area (Å²) in [6.07, 6.45) is -0.281. The maximum absolute atomic E-state index is 12.9. The van der Waals surface area contributed by atoms with Gasteiger partial charge in [0.25, 0.3) is 0 Å². The SMILES string of the molecule is Cc1c(Oc2ccnc(N)c2)cnc2nc(Nc3cc(C(C)(C)C)n(CC4CCN(CC(F)(F)F)C4)n3)n(C)c12. The van der Waals surface area contributed by atoms with Crippen LogP contribution in [0.25, 0.3) is 11.2 Å². The fraction of sp³-hybridized carbons (Fsp3) is 0.481. The maximum Gasteiger partial charge on any atom is 0.401 e. The zero-order valence-electron chi connectivity index (χ0n) is 23.2. The maximum atomic E-state index is 12.9. The number of fused-ring (bicyclic) bond motifs is 1. The average molecular weight is 558 g/mol. The molecule has 4 aromatic heterocycles. The van der Waals surface area contributed by atoms with Gasteiger partial charge in [-0.05, 0) is 31.9 Å². The molecule has 5 heterocycles. The Kier molecular flexibility index (Phi) is 7.11. The lowest BCUT2D eigenvalue weighted by Crippen LogP contribution is -2.33. The molecule has 4 aromatic rings. The summed E-state index contributed by atoms with van der Waals surface area (Å²) in [5, 5.41) is 8.12. The molecular weight excluding hydrogens is 523 g/mol. The van der Waals surface area contributed by atoms with Crippen LogP contribution in [0.3, 0.4) is 0 Å². The number of hydrogen-bond donors (Lipinski definition) is 2. The Balaban J connectivity index is 1.38. The molecule has 5 rings (SSSR count). The Labute approximate surface area is 230 Å². The summed E-state index contributed by atoms with van der Waals surface area (Å²) in [6.45, 7) is 8.73. The van der Waals surface area contributed by atoms with Crippen molar-refractivity contribution in [3.8, 4) is 11.5 Å². The first-order valence-electron chi connectivity index (χ1n) is 13.1. The van der Waals surface area contributed by atoms with Gasteiger partial charge in [0.05, 0.1) is 18.3 Å². The van der Waals surface area contributed by atoms with E-state index in [0.29, 0.717) is 60.8 Å². The monoisotopic (exact) mass is 557 g/mol. The lowest BCUT2D eigenvalue weighted by Gasteiger charge is -2.22. The van der Waals surface area contributed by atoms with E-state index in [2.05, 4.69) is 41.0 Å². The van der Waals surface area contributed by atoms with E-state index >= 15 is 0 Å².